The summed E-state index contributed by atoms with van der Waals surface area (Å²) in [5, 5.41) is 7.06. The Balaban J connectivity index is 2.44. The van der Waals surface area contributed by atoms with E-state index in [-0.39, 0.29) is 0 Å². The van der Waals surface area contributed by atoms with Gasteiger partial charge in [-0.15, -0.1) is 0 Å². The Hall–Kier alpha value is -0.800. The van der Waals surface area contributed by atoms with Crippen molar-refractivity contribution in [3.63, 3.8) is 0 Å². The first kappa shape index (κ1) is 10.3. The van der Waals surface area contributed by atoms with Gasteiger partial charge in [0.15, 0.2) is 0 Å². The molecule has 1 rings (SSSR count). The molecule has 0 bridgehead atoms. The van der Waals surface area contributed by atoms with Gasteiger partial charge in [-0.25, -0.2) is 0 Å². The van der Waals surface area contributed by atoms with Gasteiger partial charge in [0.2, 0.25) is 0 Å². The van der Waals surface area contributed by atoms with Crippen LogP contribution < -0.4 is 5.32 Å². The molecule has 1 aromatic rings. The highest BCUT2D eigenvalue weighted by Crippen LogP contribution is 2.10. The van der Waals surface area contributed by atoms with Gasteiger partial charge in [0.25, 0.3) is 0 Å². The summed E-state index contributed by atoms with van der Waals surface area (Å²) in [7, 11) is 0. The van der Waals surface area contributed by atoms with Crippen LogP contribution in [0.25, 0.3) is 0 Å². The molecule has 0 saturated carbocycles. The number of hydrogen-bond donors (Lipinski definition) is 1. The molecule has 1 aromatic heterocycles. The van der Waals surface area contributed by atoms with Crippen molar-refractivity contribution in [2.75, 3.05) is 6.54 Å². The smallest absolute Gasteiger partial charge is 0.138 e. The summed E-state index contributed by atoms with van der Waals surface area (Å²) >= 11 is 5.37. The Kier molecular flexibility index (Phi) is 3.99. The maximum absolute atomic E-state index is 5.37. The molecular formula is C9H13ClN2O. The third-order valence-electron chi connectivity index (χ3n) is 1.83. The van der Waals surface area contributed by atoms with Gasteiger partial charge in [0.05, 0.1) is 5.69 Å². The second-order valence-electron chi connectivity index (χ2n) is 2.80. The molecular weight excluding hydrogens is 188 g/mol. The van der Waals surface area contributed by atoms with Crippen molar-refractivity contribution in [2.24, 2.45) is 0 Å². The minimum Gasteiger partial charge on any atom is -0.361 e. The van der Waals surface area contributed by atoms with Crippen LogP contribution in [0.2, 0.25) is 0 Å². The Labute approximate surface area is 82.7 Å². The number of hydrogen-bond acceptors (Lipinski definition) is 3. The first-order valence-electron chi connectivity index (χ1n) is 4.13. The molecule has 0 atom stereocenters. The fourth-order valence-corrected chi connectivity index (χ4v) is 1.17. The van der Waals surface area contributed by atoms with Crippen molar-refractivity contribution in [3.8, 4) is 0 Å². The molecule has 72 valence electrons. The lowest BCUT2D eigenvalue weighted by Crippen LogP contribution is -2.13. The van der Waals surface area contributed by atoms with Gasteiger partial charge in [-0.1, -0.05) is 22.8 Å². The van der Waals surface area contributed by atoms with Crippen LogP contribution in [0, 0.1) is 13.8 Å². The third kappa shape index (κ3) is 2.86. The third-order valence-corrected chi connectivity index (χ3v) is 2.01. The van der Waals surface area contributed by atoms with Crippen LogP contribution >= 0.6 is 11.6 Å². The molecule has 0 aliphatic carbocycles. The number of aryl methyl sites for hydroxylation is 2. The fourth-order valence-electron chi connectivity index (χ4n) is 1.08. The summed E-state index contributed by atoms with van der Waals surface area (Å²) in [5.41, 5.74) is 3.57. The largest absolute Gasteiger partial charge is 0.361 e. The summed E-state index contributed by atoms with van der Waals surface area (Å²) in [6.07, 6.45) is 1.85. The van der Waals surface area contributed by atoms with Crippen molar-refractivity contribution >= 4 is 11.6 Å². The second-order valence-corrected chi connectivity index (χ2v) is 3.05. The van der Waals surface area contributed by atoms with Gasteiger partial charge in [-0.2, -0.15) is 0 Å². The summed E-state index contributed by atoms with van der Waals surface area (Å²) < 4.78 is 5.02. The van der Waals surface area contributed by atoms with Gasteiger partial charge in [0, 0.05) is 24.2 Å². The summed E-state index contributed by atoms with van der Waals surface area (Å²) in [6.45, 7) is 5.37. The van der Waals surface area contributed by atoms with Gasteiger partial charge in [-0.05, 0) is 13.8 Å². The van der Waals surface area contributed by atoms with E-state index in [9.17, 15) is 0 Å². The Bertz CT molecular complexity index is 274. The Morgan fingerprint density at radius 3 is 2.85 bits per heavy atom. The molecule has 0 unspecified atom stereocenters. The molecule has 0 saturated heterocycles. The van der Waals surface area contributed by atoms with Crippen LogP contribution in [0.1, 0.15) is 17.0 Å². The van der Waals surface area contributed by atoms with Gasteiger partial charge in [-0.3, -0.25) is 0 Å². The van der Waals surface area contributed by atoms with Crippen molar-refractivity contribution in [1.29, 1.82) is 0 Å². The Morgan fingerprint density at radius 2 is 2.31 bits per heavy atom. The number of aromatic nitrogens is 1. The number of nitrogens with zero attached hydrogens (tertiary/aromatic N) is 1. The summed E-state index contributed by atoms with van der Waals surface area (Å²) in [6, 6.07) is 0. The average Bonchev–Trinajstić information content (AvgIpc) is 2.42. The molecule has 1 heterocycles. The van der Waals surface area contributed by atoms with E-state index in [4.69, 9.17) is 16.1 Å². The van der Waals surface area contributed by atoms with E-state index < -0.39 is 0 Å². The standard InChI is InChI=1S/C9H13ClN2O/c1-7-9(8(2)13-12-7)6-11-5-3-4-10/h3-4,11H,5-6H2,1-2H3/b4-3+. The average molecular weight is 201 g/mol. The van der Waals surface area contributed by atoms with Crippen molar-refractivity contribution < 1.29 is 4.52 Å². The second kappa shape index (κ2) is 5.04. The van der Waals surface area contributed by atoms with Crippen molar-refractivity contribution in [2.45, 2.75) is 20.4 Å². The van der Waals surface area contributed by atoms with E-state index in [0.717, 1.165) is 30.1 Å². The highest BCUT2D eigenvalue weighted by atomic mass is 35.5. The van der Waals surface area contributed by atoms with E-state index in [1.54, 1.807) is 0 Å². The monoisotopic (exact) mass is 200 g/mol. The van der Waals surface area contributed by atoms with Gasteiger partial charge >= 0.3 is 0 Å². The normalized spacial score (nSPS) is 11.3. The fraction of sp³-hybridized carbons (Fsp3) is 0.444. The van der Waals surface area contributed by atoms with E-state index in [2.05, 4.69) is 10.5 Å². The molecule has 0 amide bonds. The zero-order valence-corrected chi connectivity index (χ0v) is 8.56. The molecule has 3 nitrogen and oxygen atoms in total. The zero-order chi connectivity index (χ0) is 9.68. The first-order chi connectivity index (χ1) is 6.25. The minimum absolute atomic E-state index is 0.758. The van der Waals surface area contributed by atoms with Gasteiger partial charge in [0.1, 0.15) is 5.76 Å². The maximum atomic E-state index is 5.37. The molecule has 0 aromatic carbocycles. The predicted molar refractivity (Wildman–Crippen MR) is 52.7 cm³/mol. The molecule has 0 aliphatic rings. The van der Waals surface area contributed by atoms with Crippen molar-refractivity contribution in [1.82, 2.24) is 10.5 Å². The predicted octanol–water partition coefficient (Wildman–Crippen LogP) is 2.13. The molecule has 0 spiro atoms. The van der Waals surface area contributed by atoms with Crippen LogP contribution in [0.5, 0.6) is 0 Å². The molecule has 0 fully saturated rings. The lowest BCUT2D eigenvalue weighted by atomic mass is 10.2. The quantitative estimate of drug-likeness (QED) is 0.757. The highest BCUT2D eigenvalue weighted by molar-refractivity contribution is 6.25. The van der Waals surface area contributed by atoms with E-state index in [1.807, 2.05) is 19.9 Å². The molecule has 13 heavy (non-hydrogen) atoms. The lowest BCUT2D eigenvalue weighted by Gasteiger charge is -1.99. The zero-order valence-electron chi connectivity index (χ0n) is 7.80. The van der Waals surface area contributed by atoms with Crippen LogP contribution in [0.4, 0.5) is 0 Å². The number of halogens is 1. The number of nitrogens with one attached hydrogen (secondary N) is 1. The van der Waals surface area contributed by atoms with Crippen LogP contribution in [-0.2, 0) is 6.54 Å². The first-order valence-corrected chi connectivity index (χ1v) is 4.57. The summed E-state index contributed by atoms with van der Waals surface area (Å²) in [5.74, 6) is 0.875. The van der Waals surface area contributed by atoms with Crippen LogP contribution in [-0.4, -0.2) is 11.7 Å². The highest BCUT2D eigenvalue weighted by Gasteiger charge is 2.06. The molecule has 4 heteroatoms. The number of rotatable bonds is 4. The molecule has 0 aliphatic heterocycles. The summed E-state index contributed by atoms with van der Waals surface area (Å²) in [4.78, 5) is 0. The SMILES string of the molecule is Cc1noc(C)c1CNC/C=C/Cl. The van der Waals surface area contributed by atoms with Crippen LogP contribution in [0.15, 0.2) is 16.1 Å². The van der Waals surface area contributed by atoms with Crippen LogP contribution in [0.3, 0.4) is 0 Å². The Morgan fingerprint density at radius 1 is 1.54 bits per heavy atom. The van der Waals surface area contributed by atoms with Gasteiger partial charge < -0.3 is 9.84 Å². The minimum atomic E-state index is 0.758. The van der Waals surface area contributed by atoms with E-state index in [1.165, 1.54) is 5.54 Å². The van der Waals surface area contributed by atoms with Crippen molar-refractivity contribution in [3.05, 3.63) is 28.6 Å². The van der Waals surface area contributed by atoms with E-state index >= 15 is 0 Å². The maximum Gasteiger partial charge on any atom is 0.138 e. The molecule has 0 radical (unpaired) electrons. The lowest BCUT2D eigenvalue weighted by molar-refractivity contribution is 0.392. The topological polar surface area (TPSA) is 38.1 Å². The van der Waals surface area contributed by atoms with E-state index in [0.29, 0.717) is 0 Å². The molecule has 1 N–H and O–H groups in total.